The van der Waals surface area contributed by atoms with Crippen molar-refractivity contribution in [2.24, 2.45) is 0 Å². The monoisotopic (exact) mass is 359 g/mol. The van der Waals surface area contributed by atoms with Gasteiger partial charge in [0.15, 0.2) is 12.4 Å². The Morgan fingerprint density at radius 3 is 2.37 bits per heavy atom. The van der Waals surface area contributed by atoms with Gasteiger partial charge in [-0.2, -0.15) is 0 Å². The van der Waals surface area contributed by atoms with Crippen LogP contribution >= 0.6 is 0 Å². The van der Waals surface area contributed by atoms with Gasteiger partial charge in [0.25, 0.3) is 5.91 Å². The van der Waals surface area contributed by atoms with Crippen molar-refractivity contribution < 1.29 is 14.3 Å². The van der Waals surface area contributed by atoms with E-state index in [2.05, 4.69) is 0 Å². The van der Waals surface area contributed by atoms with Gasteiger partial charge in [-0.3, -0.25) is 9.59 Å². The van der Waals surface area contributed by atoms with E-state index in [4.69, 9.17) is 4.74 Å². The number of rotatable bonds is 6. The summed E-state index contributed by atoms with van der Waals surface area (Å²) >= 11 is 0. The highest BCUT2D eigenvalue weighted by atomic mass is 16.5. The average molecular weight is 359 g/mol. The quantitative estimate of drug-likeness (QED) is 0.489. The van der Waals surface area contributed by atoms with Crippen molar-refractivity contribution in [1.82, 2.24) is 4.90 Å². The molecule has 3 rings (SSSR count). The maximum Gasteiger partial charge on any atom is 0.259 e. The standard InChI is InChI=1S/C23H21NO3/c1-24(2)23(26)16-27-20-13-10-19(11-14-20)22(25)15-12-18-8-5-7-17-6-3-4-9-21(17)18/h3-15H,16H2,1-2H3. The van der Waals surface area contributed by atoms with E-state index in [1.54, 1.807) is 44.4 Å². The smallest absolute Gasteiger partial charge is 0.259 e. The number of fused-ring (bicyclic) bond motifs is 1. The molecule has 3 aromatic rings. The molecule has 1 amide bonds. The molecule has 0 aliphatic carbocycles. The lowest BCUT2D eigenvalue weighted by Crippen LogP contribution is -2.27. The van der Waals surface area contributed by atoms with Gasteiger partial charge in [0.2, 0.25) is 0 Å². The minimum atomic E-state index is -0.117. The Bertz CT molecular complexity index is 983. The second-order valence-corrected chi connectivity index (χ2v) is 6.37. The summed E-state index contributed by atoms with van der Waals surface area (Å²) in [4.78, 5) is 25.4. The van der Waals surface area contributed by atoms with Crippen LogP contribution in [-0.4, -0.2) is 37.3 Å². The Balaban J connectivity index is 1.69. The zero-order valence-corrected chi connectivity index (χ0v) is 15.4. The molecule has 0 aromatic heterocycles. The second kappa shape index (κ2) is 8.32. The maximum absolute atomic E-state index is 12.4. The maximum atomic E-state index is 12.4. The third-order valence-electron chi connectivity index (χ3n) is 4.24. The van der Waals surface area contributed by atoms with Crippen molar-refractivity contribution in [2.75, 3.05) is 20.7 Å². The molecule has 3 aromatic carbocycles. The molecule has 136 valence electrons. The van der Waals surface area contributed by atoms with E-state index in [-0.39, 0.29) is 18.3 Å². The molecule has 0 radical (unpaired) electrons. The number of carbonyl (C=O) groups is 2. The fourth-order valence-corrected chi connectivity index (χ4v) is 2.65. The molecule has 0 spiro atoms. The molecule has 4 nitrogen and oxygen atoms in total. The molecule has 0 fully saturated rings. The number of allylic oxidation sites excluding steroid dienone is 1. The first-order chi connectivity index (χ1) is 13.0. The van der Waals surface area contributed by atoms with E-state index in [1.807, 2.05) is 48.5 Å². The number of amides is 1. The molecule has 0 unspecified atom stereocenters. The number of nitrogens with zero attached hydrogens (tertiary/aromatic N) is 1. The Kier molecular flexibility index (Phi) is 5.67. The third kappa shape index (κ3) is 4.61. The van der Waals surface area contributed by atoms with Crippen LogP contribution in [0.4, 0.5) is 0 Å². The molecular formula is C23H21NO3. The van der Waals surface area contributed by atoms with Crippen molar-refractivity contribution >= 4 is 28.5 Å². The van der Waals surface area contributed by atoms with Gasteiger partial charge in [0.1, 0.15) is 5.75 Å². The average Bonchev–Trinajstić information content (AvgIpc) is 2.70. The topological polar surface area (TPSA) is 46.6 Å². The van der Waals surface area contributed by atoms with Crippen molar-refractivity contribution in [2.45, 2.75) is 0 Å². The van der Waals surface area contributed by atoms with Crippen LogP contribution in [0.25, 0.3) is 16.8 Å². The highest BCUT2D eigenvalue weighted by Crippen LogP contribution is 2.20. The third-order valence-corrected chi connectivity index (χ3v) is 4.24. The van der Waals surface area contributed by atoms with Gasteiger partial charge in [0, 0.05) is 19.7 Å². The molecule has 0 atom stereocenters. The van der Waals surface area contributed by atoms with E-state index in [9.17, 15) is 9.59 Å². The number of ether oxygens (including phenoxy) is 1. The molecule has 0 heterocycles. The summed E-state index contributed by atoms with van der Waals surface area (Å²) in [6, 6.07) is 20.9. The van der Waals surface area contributed by atoms with Crippen LogP contribution < -0.4 is 4.74 Å². The van der Waals surface area contributed by atoms with E-state index >= 15 is 0 Å². The fourth-order valence-electron chi connectivity index (χ4n) is 2.65. The lowest BCUT2D eigenvalue weighted by molar-refractivity contribution is -0.130. The summed E-state index contributed by atoms with van der Waals surface area (Å²) in [5, 5.41) is 2.25. The predicted molar refractivity (Wildman–Crippen MR) is 108 cm³/mol. The molecule has 0 saturated heterocycles. The molecule has 27 heavy (non-hydrogen) atoms. The largest absolute Gasteiger partial charge is 0.484 e. The first-order valence-electron chi connectivity index (χ1n) is 8.68. The van der Waals surface area contributed by atoms with Crippen LogP contribution in [-0.2, 0) is 4.79 Å². The van der Waals surface area contributed by atoms with Crippen LogP contribution in [0.15, 0.2) is 72.8 Å². The van der Waals surface area contributed by atoms with Gasteiger partial charge >= 0.3 is 0 Å². The SMILES string of the molecule is CN(C)C(=O)COc1ccc(C(=O)C=Cc2cccc3ccccc23)cc1. The van der Waals surface area contributed by atoms with Gasteiger partial charge < -0.3 is 9.64 Å². The minimum absolute atomic E-state index is 0.0265. The Morgan fingerprint density at radius 1 is 0.926 bits per heavy atom. The number of ketones is 1. The molecule has 0 aliphatic rings. The predicted octanol–water partition coefficient (Wildman–Crippen LogP) is 4.20. The minimum Gasteiger partial charge on any atom is -0.484 e. The number of likely N-dealkylation sites (N-methyl/N-ethyl adjacent to an activating group) is 1. The van der Waals surface area contributed by atoms with Gasteiger partial charge in [0.05, 0.1) is 0 Å². The summed E-state index contributed by atoms with van der Waals surface area (Å²) in [5.41, 5.74) is 1.57. The van der Waals surface area contributed by atoms with Crippen molar-refractivity contribution in [3.05, 3.63) is 83.9 Å². The number of carbonyl (C=O) groups excluding carboxylic acids is 2. The summed E-state index contributed by atoms with van der Waals surface area (Å²) in [5.74, 6) is 0.354. The Hall–Kier alpha value is -3.40. The van der Waals surface area contributed by atoms with E-state index in [0.717, 1.165) is 16.3 Å². The van der Waals surface area contributed by atoms with Gasteiger partial charge in [-0.05, 0) is 46.7 Å². The molecule has 0 saturated carbocycles. The summed E-state index contributed by atoms with van der Waals surface area (Å²) in [6.45, 7) is -0.0265. The highest BCUT2D eigenvalue weighted by molar-refractivity contribution is 6.07. The van der Waals surface area contributed by atoms with Gasteiger partial charge in [-0.1, -0.05) is 48.5 Å². The number of benzene rings is 3. The summed E-state index contributed by atoms with van der Waals surface area (Å²) < 4.78 is 5.42. The van der Waals surface area contributed by atoms with E-state index < -0.39 is 0 Å². The molecule has 0 N–H and O–H groups in total. The normalized spacial score (nSPS) is 10.9. The first kappa shape index (κ1) is 18.4. The van der Waals surface area contributed by atoms with Crippen molar-refractivity contribution in [3.63, 3.8) is 0 Å². The van der Waals surface area contributed by atoms with Gasteiger partial charge in [-0.25, -0.2) is 0 Å². The molecule has 0 aliphatic heterocycles. The van der Waals surface area contributed by atoms with Crippen molar-refractivity contribution in [3.8, 4) is 5.75 Å². The van der Waals surface area contributed by atoms with Crippen LogP contribution in [0.3, 0.4) is 0 Å². The number of hydrogen-bond acceptors (Lipinski definition) is 3. The Morgan fingerprint density at radius 2 is 1.63 bits per heavy atom. The number of hydrogen-bond donors (Lipinski definition) is 0. The zero-order chi connectivity index (χ0) is 19.2. The Labute approximate surface area is 158 Å². The van der Waals surface area contributed by atoms with Crippen LogP contribution in [0.1, 0.15) is 15.9 Å². The molecule has 0 bridgehead atoms. The highest BCUT2D eigenvalue weighted by Gasteiger charge is 2.06. The summed E-state index contributed by atoms with van der Waals surface area (Å²) in [7, 11) is 3.35. The van der Waals surface area contributed by atoms with Crippen LogP contribution in [0.2, 0.25) is 0 Å². The zero-order valence-electron chi connectivity index (χ0n) is 15.4. The summed E-state index contributed by atoms with van der Waals surface area (Å²) in [6.07, 6.45) is 3.41. The lowest BCUT2D eigenvalue weighted by atomic mass is 10.0. The van der Waals surface area contributed by atoms with Crippen LogP contribution in [0.5, 0.6) is 5.75 Å². The van der Waals surface area contributed by atoms with Gasteiger partial charge in [-0.15, -0.1) is 0 Å². The molecule has 4 heteroatoms. The first-order valence-corrected chi connectivity index (χ1v) is 8.68. The lowest BCUT2D eigenvalue weighted by Gasteiger charge is -2.11. The molecular weight excluding hydrogens is 338 g/mol. The van der Waals surface area contributed by atoms with Crippen molar-refractivity contribution in [1.29, 1.82) is 0 Å². The van der Waals surface area contributed by atoms with E-state index in [0.29, 0.717) is 11.3 Å². The second-order valence-electron chi connectivity index (χ2n) is 6.37. The van der Waals surface area contributed by atoms with Crippen LogP contribution in [0, 0.1) is 0 Å². The van der Waals surface area contributed by atoms with E-state index in [1.165, 1.54) is 4.90 Å². The fraction of sp³-hybridized carbons (Fsp3) is 0.130.